The molecule has 130 valence electrons. The summed E-state index contributed by atoms with van der Waals surface area (Å²) >= 11 is 0. The summed E-state index contributed by atoms with van der Waals surface area (Å²) < 4.78 is 0. The quantitative estimate of drug-likeness (QED) is 0.536. The van der Waals surface area contributed by atoms with Gasteiger partial charge in [0.1, 0.15) is 0 Å². The lowest BCUT2D eigenvalue weighted by molar-refractivity contribution is -0.139. The van der Waals surface area contributed by atoms with Crippen LogP contribution in [0.4, 0.5) is 0 Å². The van der Waals surface area contributed by atoms with Crippen molar-refractivity contribution in [2.24, 2.45) is 0 Å². The Morgan fingerprint density at radius 1 is 0.864 bits per heavy atom. The third-order valence-corrected chi connectivity index (χ3v) is 3.15. The van der Waals surface area contributed by atoms with Crippen LogP contribution < -0.4 is 0 Å². The monoisotopic (exact) mass is 315 g/mol. The van der Waals surface area contributed by atoms with Gasteiger partial charge in [-0.1, -0.05) is 46.6 Å². The van der Waals surface area contributed by atoms with Gasteiger partial charge in [0, 0.05) is 5.57 Å². The van der Waals surface area contributed by atoms with Crippen molar-refractivity contribution in [2.45, 2.75) is 65.7 Å². The maximum absolute atomic E-state index is 9.87. The second-order valence-corrected chi connectivity index (χ2v) is 5.38. The molecule has 0 heterocycles. The fraction of sp³-hybridized carbons (Fsp3) is 0.765. The van der Waals surface area contributed by atoms with E-state index in [0.717, 1.165) is 0 Å². The Labute approximate surface area is 135 Å². The second-order valence-electron chi connectivity index (χ2n) is 5.38. The molecule has 0 aromatic heterocycles. The average molecular weight is 315 g/mol. The van der Waals surface area contributed by atoms with Crippen LogP contribution in [0.2, 0.25) is 0 Å². The molecule has 0 fully saturated rings. The van der Waals surface area contributed by atoms with Crippen LogP contribution in [-0.4, -0.2) is 46.7 Å². The predicted molar refractivity (Wildman–Crippen MR) is 90.2 cm³/mol. The molecule has 0 aliphatic rings. The van der Waals surface area contributed by atoms with E-state index >= 15 is 0 Å². The molecular formula is C17H33NO4. The predicted octanol–water partition coefficient (Wildman–Crippen LogP) is 3.79. The van der Waals surface area contributed by atoms with E-state index in [1.165, 1.54) is 58.2 Å². The Morgan fingerprint density at radius 2 is 1.23 bits per heavy atom. The third-order valence-electron chi connectivity index (χ3n) is 3.15. The Kier molecular flexibility index (Phi) is 16.7. The maximum atomic E-state index is 9.87. The Hall–Kier alpha value is -1.36. The molecule has 0 unspecified atom stereocenters. The highest BCUT2D eigenvalue weighted by Gasteiger charge is 2.07. The summed E-state index contributed by atoms with van der Waals surface area (Å²) in [4.78, 5) is 22.3. The number of carboxylic acids is 2. The smallest absolute Gasteiger partial charge is 0.331 e. The molecule has 0 radical (unpaired) electrons. The van der Waals surface area contributed by atoms with E-state index in [2.05, 4.69) is 32.3 Å². The van der Waals surface area contributed by atoms with Crippen molar-refractivity contribution in [3.05, 3.63) is 12.2 Å². The molecule has 5 heteroatoms. The van der Waals surface area contributed by atoms with Crippen LogP contribution in [-0.2, 0) is 9.59 Å². The number of aliphatic carboxylic acids is 2. The second kappa shape index (κ2) is 16.0. The molecule has 0 spiro atoms. The zero-order valence-corrected chi connectivity index (χ0v) is 14.4. The molecule has 0 rings (SSSR count). The topological polar surface area (TPSA) is 77.8 Å². The van der Waals surface area contributed by atoms with Gasteiger partial charge in [0.15, 0.2) is 0 Å². The van der Waals surface area contributed by atoms with Crippen LogP contribution >= 0.6 is 0 Å². The van der Waals surface area contributed by atoms with E-state index in [0.29, 0.717) is 0 Å². The minimum Gasteiger partial charge on any atom is -0.481 e. The molecule has 0 saturated carbocycles. The minimum absolute atomic E-state index is 0.303. The van der Waals surface area contributed by atoms with Crippen LogP contribution in [0.5, 0.6) is 0 Å². The zero-order chi connectivity index (χ0) is 17.4. The Bertz CT molecular complexity index is 297. The molecule has 0 atom stereocenters. The molecule has 0 aliphatic heterocycles. The largest absolute Gasteiger partial charge is 0.481 e. The number of unbranched alkanes of at least 4 members (excludes halogenated alkanes) is 3. The van der Waals surface area contributed by atoms with Crippen molar-refractivity contribution in [1.82, 2.24) is 4.90 Å². The molecule has 5 nitrogen and oxygen atoms in total. The number of carbonyl (C=O) groups is 2. The van der Waals surface area contributed by atoms with Crippen LogP contribution in [0.3, 0.4) is 0 Å². The highest BCUT2D eigenvalue weighted by atomic mass is 16.4. The van der Waals surface area contributed by atoms with E-state index in [-0.39, 0.29) is 5.57 Å². The number of nitrogens with zero attached hydrogens (tertiary/aromatic N) is 1. The lowest BCUT2D eigenvalue weighted by Gasteiger charge is -2.21. The molecule has 0 amide bonds. The summed E-state index contributed by atoms with van der Waals surface area (Å²) in [5.41, 5.74) is -0.303. The van der Waals surface area contributed by atoms with Gasteiger partial charge in [-0.05, 0) is 38.9 Å². The highest BCUT2D eigenvalue weighted by molar-refractivity contribution is 5.91. The number of carboxylic acid groups (broad SMARTS) is 2. The summed E-state index contributed by atoms with van der Waals surface area (Å²) in [6, 6.07) is 0. The molecule has 2 N–H and O–H groups in total. The van der Waals surface area contributed by atoms with E-state index in [1.54, 1.807) is 0 Å². The molecule has 0 aromatic rings. The molecule has 0 bridgehead atoms. The number of hydrogen-bond donors (Lipinski definition) is 2. The minimum atomic E-state index is -1.27. The van der Waals surface area contributed by atoms with Gasteiger partial charge in [-0.15, -0.1) is 0 Å². The molecule has 0 aromatic carbocycles. The van der Waals surface area contributed by atoms with Gasteiger partial charge in [0.05, 0.1) is 6.42 Å². The summed E-state index contributed by atoms with van der Waals surface area (Å²) in [7, 11) is 0. The van der Waals surface area contributed by atoms with Gasteiger partial charge >= 0.3 is 11.9 Å². The van der Waals surface area contributed by atoms with E-state index in [1.807, 2.05) is 0 Å². The fourth-order valence-corrected chi connectivity index (χ4v) is 1.74. The Balaban J connectivity index is 0. The van der Waals surface area contributed by atoms with E-state index < -0.39 is 18.4 Å². The Morgan fingerprint density at radius 3 is 1.41 bits per heavy atom. The third kappa shape index (κ3) is 16.7. The summed E-state index contributed by atoms with van der Waals surface area (Å²) in [6.45, 7) is 13.8. The van der Waals surface area contributed by atoms with Crippen molar-refractivity contribution in [2.75, 3.05) is 19.6 Å². The number of rotatable bonds is 12. The fourth-order valence-electron chi connectivity index (χ4n) is 1.74. The van der Waals surface area contributed by atoms with Gasteiger partial charge in [-0.3, -0.25) is 4.79 Å². The first-order chi connectivity index (χ1) is 10.4. The lowest BCUT2D eigenvalue weighted by Crippen LogP contribution is -2.27. The van der Waals surface area contributed by atoms with Gasteiger partial charge in [0.25, 0.3) is 0 Å². The van der Waals surface area contributed by atoms with Crippen molar-refractivity contribution in [1.29, 1.82) is 0 Å². The first-order valence-electron chi connectivity index (χ1n) is 8.24. The maximum Gasteiger partial charge on any atom is 0.331 e. The van der Waals surface area contributed by atoms with Gasteiger partial charge in [0.2, 0.25) is 0 Å². The highest BCUT2D eigenvalue weighted by Crippen LogP contribution is 2.01. The number of hydrogen-bond acceptors (Lipinski definition) is 3. The van der Waals surface area contributed by atoms with E-state index in [9.17, 15) is 9.59 Å². The lowest BCUT2D eigenvalue weighted by atomic mass is 10.2. The molecule has 22 heavy (non-hydrogen) atoms. The van der Waals surface area contributed by atoms with Crippen molar-refractivity contribution < 1.29 is 19.8 Å². The summed E-state index contributed by atoms with van der Waals surface area (Å²) in [5, 5.41) is 16.1. The average Bonchev–Trinajstić information content (AvgIpc) is 2.46. The molecular weight excluding hydrogens is 282 g/mol. The SMILES string of the molecule is C=C(CC(=O)O)C(=O)O.CCCCN(CCCC)CCCC. The standard InChI is InChI=1S/C12H27N.C5H6O4/c1-4-7-10-13(11-8-5-2)12-9-6-3;1-3(5(8)9)2-4(6)7/h4-12H2,1-3H3;1-2H2,(H,6,7)(H,8,9). The van der Waals surface area contributed by atoms with Crippen molar-refractivity contribution >= 4 is 11.9 Å². The van der Waals surface area contributed by atoms with Crippen LogP contribution in [0.15, 0.2) is 12.2 Å². The van der Waals surface area contributed by atoms with Crippen molar-refractivity contribution in [3.63, 3.8) is 0 Å². The summed E-state index contributed by atoms with van der Waals surface area (Å²) in [6.07, 6.45) is 7.59. The molecule has 0 aliphatic carbocycles. The molecule has 0 saturated heterocycles. The van der Waals surface area contributed by atoms with Crippen LogP contribution in [0, 0.1) is 0 Å². The van der Waals surface area contributed by atoms with Gasteiger partial charge < -0.3 is 15.1 Å². The van der Waals surface area contributed by atoms with Crippen LogP contribution in [0.25, 0.3) is 0 Å². The van der Waals surface area contributed by atoms with Gasteiger partial charge in [-0.25, -0.2) is 4.79 Å². The van der Waals surface area contributed by atoms with Gasteiger partial charge in [-0.2, -0.15) is 0 Å². The first-order valence-corrected chi connectivity index (χ1v) is 8.24. The van der Waals surface area contributed by atoms with E-state index in [4.69, 9.17) is 10.2 Å². The van der Waals surface area contributed by atoms with Crippen LogP contribution in [0.1, 0.15) is 65.7 Å². The first kappa shape index (κ1) is 22.9. The normalized spacial score (nSPS) is 10.0. The van der Waals surface area contributed by atoms with Crippen molar-refractivity contribution in [3.8, 4) is 0 Å². The summed E-state index contributed by atoms with van der Waals surface area (Å²) in [5.74, 6) is -2.44. The zero-order valence-electron chi connectivity index (χ0n) is 14.4.